The molecule has 51 heavy (non-hydrogen) atoms. The lowest BCUT2D eigenvalue weighted by Crippen LogP contribution is -2.29. The molecule has 0 bridgehead atoms. The number of hydrogen-bond acceptors (Lipinski definition) is 0. The normalized spacial score (nSPS) is 11.9. The summed E-state index contributed by atoms with van der Waals surface area (Å²) in [7, 11) is 4.35. The summed E-state index contributed by atoms with van der Waals surface area (Å²) >= 11 is 0. The van der Waals surface area contributed by atoms with Crippen LogP contribution in [0, 0.1) is 13.8 Å². The van der Waals surface area contributed by atoms with Gasteiger partial charge < -0.3 is 0 Å². The van der Waals surface area contributed by atoms with E-state index in [9.17, 15) is 0 Å². The number of aromatic nitrogens is 4. The molecule has 2 aromatic heterocycles. The molecule has 0 aliphatic rings. The Labute approximate surface area is 307 Å². The molecule has 0 fully saturated rings. The molecular weight excluding hydrogens is 621 g/mol. The molecule has 0 unspecified atom stereocenters. The van der Waals surface area contributed by atoms with E-state index in [1.165, 1.54) is 78.7 Å². The number of rotatable bonds is 10. The van der Waals surface area contributed by atoms with Crippen LogP contribution in [-0.4, -0.2) is 9.13 Å². The highest BCUT2D eigenvalue weighted by molar-refractivity contribution is 5.67. The third-order valence-corrected chi connectivity index (χ3v) is 10.9. The van der Waals surface area contributed by atoms with Gasteiger partial charge in [0.1, 0.15) is 36.2 Å². The SMILES string of the molecule is Cc1c(Cc2cccc(-c3n(-c4c(C(C)C)cccc4C(C)C)cc[n+]3C)c2C)cccc1-c1n(-c2c(C(C)C)cccc2C(C)C)cc[n+]1C. The van der Waals surface area contributed by atoms with Gasteiger partial charge in [-0.15, -0.1) is 0 Å². The molecule has 264 valence electrons. The maximum atomic E-state index is 2.44. The summed E-state index contributed by atoms with van der Waals surface area (Å²) in [5.41, 5.74) is 16.1. The van der Waals surface area contributed by atoms with E-state index in [4.69, 9.17) is 0 Å². The molecule has 2 heterocycles. The predicted octanol–water partition coefficient (Wildman–Crippen LogP) is 11.0. The molecule has 0 spiro atoms. The van der Waals surface area contributed by atoms with Gasteiger partial charge in [-0.05, 0) is 78.3 Å². The first-order valence-electron chi connectivity index (χ1n) is 18.9. The zero-order valence-electron chi connectivity index (χ0n) is 33.0. The van der Waals surface area contributed by atoms with Gasteiger partial charge in [-0.25, -0.2) is 9.13 Å². The van der Waals surface area contributed by atoms with Crippen molar-refractivity contribution in [2.45, 2.75) is 99.3 Å². The topological polar surface area (TPSA) is 17.6 Å². The second kappa shape index (κ2) is 14.5. The molecule has 6 rings (SSSR count). The van der Waals surface area contributed by atoms with Crippen molar-refractivity contribution in [2.24, 2.45) is 14.1 Å². The van der Waals surface area contributed by atoms with E-state index in [1.54, 1.807) is 0 Å². The minimum atomic E-state index is 0.417. The van der Waals surface area contributed by atoms with Gasteiger partial charge in [0.05, 0.1) is 25.2 Å². The molecule has 4 heteroatoms. The van der Waals surface area contributed by atoms with Gasteiger partial charge in [-0.1, -0.05) is 116 Å². The molecule has 6 aromatic rings. The van der Waals surface area contributed by atoms with Gasteiger partial charge in [-0.3, -0.25) is 0 Å². The Morgan fingerprint density at radius 1 is 0.471 bits per heavy atom. The van der Waals surface area contributed by atoms with Crippen molar-refractivity contribution in [1.82, 2.24) is 9.13 Å². The van der Waals surface area contributed by atoms with Gasteiger partial charge in [0, 0.05) is 22.3 Å². The second-order valence-electron chi connectivity index (χ2n) is 15.8. The quantitative estimate of drug-likeness (QED) is 0.128. The van der Waals surface area contributed by atoms with E-state index in [1.807, 2.05) is 0 Å². The van der Waals surface area contributed by atoms with Crippen molar-refractivity contribution in [3.8, 4) is 34.2 Å². The molecule has 0 aliphatic carbocycles. The Balaban J connectivity index is 1.45. The average Bonchev–Trinajstić information content (AvgIpc) is 3.67. The molecule has 0 saturated carbocycles. The first-order valence-corrected chi connectivity index (χ1v) is 18.9. The first kappa shape index (κ1) is 36.1. The Kier molecular flexibility index (Phi) is 10.3. The number of aryl methyl sites for hydroxylation is 2. The van der Waals surface area contributed by atoms with Gasteiger partial charge >= 0.3 is 0 Å². The molecule has 0 saturated heterocycles. The van der Waals surface area contributed by atoms with Crippen LogP contribution in [0.2, 0.25) is 0 Å². The minimum Gasteiger partial charge on any atom is -0.232 e. The van der Waals surface area contributed by atoms with E-state index in [0.29, 0.717) is 23.7 Å². The summed E-state index contributed by atoms with van der Waals surface area (Å²) in [5, 5.41) is 0. The van der Waals surface area contributed by atoms with Crippen LogP contribution >= 0.6 is 0 Å². The highest BCUT2D eigenvalue weighted by atomic mass is 15.2. The molecule has 0 N–H and O–H groups in total. The maximum absolute atomic E-state index is 2.44. The number of benzene rings is 4. The van der Waals surface area contributed by atoms with Crippen LogP contribution in [0.25, 0.3) is 34.2 Å². The predicted molar refractivity (Wildman–Crippen MR) is 213 cm³/mol. The van der Waals surface area contributed by atoms with Crippen LogP contribution < -0.4 is 9.13 Å². The van der Waals surface area contributed by atoms with Crippen LogP contribution in [0.1, 0.15) is 124 Å². The van der Waals surface area contributed by atoms with Gasteiger partial charge in [-0.2, -0.15) is 9.13 Å². The molecular formula is C47H58N4+2. The van der Waals surface area contributed by atoms with Crippen LogP contribution in [0.5, 0.6) is 0 Å². The summed E-state index contributed by atoms with van der Waals surface area (Å²) in [6.45, 7) is 23.0. The van der Waals surface area contributed by atoms with Crippen LogP contribution in [-0.2, 0) is 20.5 Å². The maximum Gasteiger partial charge on any atom is 0.294 e. The molecule has 0 aliphatic heterocycles. The van der Waals surface area contributed by atoms with Crippen molar-refractivity contribution in [3.05, 3.63) is 142 Å². The standard InChI is InChI=1S/C47H58N4/c1-30(2)38-19-15-20-39(31(3)4)44(38)50-27-25-48(11)46(50)42-23-13-17-36(34(42)9)29-37-18-14-24-43(35(37)10)47-49(12)26-28-51(47)45-40(32(5)6)21-16-22-41(45)33(7)8/h13-28,30-33H,29H2,1-12H3/q+2. The summed E-state index contributed by atoms with van der Waals surface area (Å²) in [6.07, 6.45) is 9.77. The minimum absolute atomic E-state index is 0.417. The monoisotopic (exact) mass is 678 g/mol. The molecule has 4 nitrogen and oxygen atoms in total. The van der Waals surface area contributed by atoms with Gasteiger partial charge in [0.15, 0.2) is 0 Å². The van der Waals surface area contributed by atoms with E-state index in [2.05, 4.69) is 199 Å². The number of nitrogens with zero attached hydrogens (tertiary/aromatic N) is 4. The molecule has 4 aromatic carbocycles. The van der Waals surface area contributed by atoms with Crippen molar-refractivity contribution in [1.29, 1.82) is 0 Å². The Morgan fingerprint density at radius 2 is 0.784 bits per heavy atom. The number of imidazole rings is 2. The van der Waals surface area contributed by atoms with Crippen molar-refractivity contribution < 1.29 is 9.13 Å². The van der Waals surface area contributed by atoms with E-state index >= 15 is 0 Å². The fraction of sp³-hybridized carbons (Fsp3) is 0.362. The van der Waals surface area contributed by atoms with Gasteiger partial charge in [0.2, 0.25) is 0 Å². The first-order chi connectivity index (χ1) is 24.3. The van der Waals surface area contributed by atoms with E-state index < -0.39 is 0 Å². The summed E-state index contributed by atoms with van der Waals surface area (Å²) in [6, 6.07) is 27.4. The van der Waals surface area contributed by atoms with E-state index in [0.717, 1.165) is 6.42 Å². The summed E-state index contributed by atoms with van der Waals surface area (Å²) in [4.78, 5) is 0. The Hall–Kier alpha value is -4.70. The van der Waals surface area contributed by atoms with Gasteiger partial charge in [0.25, 0.3) is 11.6 Å². The Morgan fingerprint density at radius 3 is 1.10 bits per heavy atom. The summed E-state index contributed by atoms with van der Waals surface area (Å²) < 4.78 is 9.45. The number of para-hydroxylation sites is 2. The summed E-state index contributed by atoms with van der Waals surface area (Å²) in [5.74, 6) is 4.09. The number of hydrogen-bond donors (Lipinski definition) is 0. The Bertz CT molecular complexity index is 1980. The highest BCUT2D eigenvalue weighted by Crippen LogP contribution is 2.37. The lowest BCUT2D eigenvalue weighted by molar-refractivity contribution is -0.659. The van der Waals surface area contributed by atoms with Crippen molar-refractivity contribution >= 4 is 0 Å². The smallest absolute Gasteiger partial charge is 0.232 e. The van der Waals surface area contributed by atoms with E-state index in [-0.39, 0.29) is 0 Å². The zero-order chi connectivity index (χ0) is 36.7. The van der Waals surface area contributed by atoms with Crippen LogP contribution in [0.15, 0.2) is 97.6 Å². The lowest BCUT2D eigenvalue weighted by Gasteiger charge is -2.19. The fourth-order valence-corrected chi connectivity index (χ4v) is 7.98. The van der Waals surface area contributed by atoms with Crippen LogP contribution in [0.4, 0.5) is 0 Å². The average molecular weight is 679 g/mol. The largest absolute Gasteiger partial charge is 0.294 e. The van der Waals surface area contributed by atoms with Crippen molar-refractivity contribution in [3.63, 3.8) is 0 Å². The molecule has 0 radical (unpaired) electrons. The third kappa shape index (κ3) is 6.62. The third-order valence-electron chi connectivity index (χ3n) is 10.9. The second-order valence-corrected chi connectivity index (χ2v) is 15.8. The van der Waals surface area contributed by atoms with Crippen LogP contribution in [0.3, 0.4) is 0 Å². The van der Waals surface area contributed by atoms with Crippen molar-refractivity contribution in [2.75, 3.05) is 0 Å². The highest BCUT2D eigenvalue weighted by Gasteiger charge is 2.29. The lowest BCUT2D eigenvalue weighted by atomic mass is 9.91. The molecule has 0 amide bonds. The molecule has 0 atom stereocenters. The zero-order valence-corrected chi connectivity index (χ0v) is 33.0. The fourth-order valence-electron chi connectivity index (χ4n) is 7.98.